The van der Waals surface area contributed by atoms with Crippen LogP contribution in [0.2, 0.25) is 0 Å². The largest absolute Gasteiger partial charge is 0.379 e. The molecule has 2 N–H and O–H groups in total. The minimum Gasteiger partial charge on any atom is -0.379 e. The van der Waals surface area contributed by atoms with Crippen molar-refractivity contribution in [1.29, 1.82) is 0 Å². The van der Waals surface area contributed by atoms with E-state index < -0.39 is 10.0 Å². The van der Waals surface area contributed by atoms with Gasteiger partial charge in [-0.3, -0.25) is 9.52 Å². The smallest absolute Gasteiger partial charge is 0.261 e. The Morgan fingerprint density at radius 3 is 1.98 bits per heavy atom. The molecule has 0 saturated heterocycles. The van der Waals surface area contributed by atoms with Gasteiger partial charge in [-0.2, -0.15) is 0 Å². The standard InChI is InChI=1S/C32H50N2O7S2/c1-4-5-6-7-8-9-16-38-17-18-39-19-20-40-21-22-41-23-24-42-26-32(35)33-31-25-30(15-12-28(31)3)43(36,37)34-29-13-10-27(2)11-14-29/h10-15,25,34H,4-9,16-24,26H2,1-3H3,(H,33,35). The summed E-state index contributed by atoms with van der Waals surface area (Å²) in [5, 5.41) is 2.82. The highest BCUT2D eigenvalue weighted by molar-refractivity contribution is 7.99. The zero-order valence-electron chi connectivity index (χ0n) is 26.0. The van der Waals surface area contributed by atoms with Crippen molar-refractivity contribution in [2.45, 2.75) is 64.2 Å². The number of carbonyl (C=O) groups is 1. The van der Waals surface area contributed by atoms with E-state index in [4.69, 9.17) is 18.9 Å². The van der Waals surface area contributed by atoms with Gasteiger partial charge in [-0.15, -0.1) is 11.8 Å². The van der Waals surface area contributed by atoms with Crippen molar-refractivity contribution in [2.24, 2.45) is 0 Å². The maximum atomic E-state index is 12.8. The van der Waals surface area contributed by atoms with E-state index in [0.717, 1.165) is 24.2 Å². The highest BCUT2D eigenvalue weighted by atomic mass is 32.2. The Bertz CT molecular complexity index is 1140. The fourth-order valence-electron chi connectivity index (χ4n) is 3.95. The fourth-order valence-corrected chi connectivity index (χ4v) is 5.68. The minimum absolute atomic E-state index is 0.0802. The molecule has 2 aromatic rings. The van der Waals surface area contributed by atoms with Crippen molar-refractivity contribution in [3.05, 3.63) is 53.6 Å². The van der Waals surface area contributed by atoms with Gasteiger partial charge in [-0.05, 0) is 50.1 Å². The second-order valence-electron chi connectivity index (χ2n) is 10.3. The second kappa shape index (κ2) is 22.4. The third-order valence-electron chi connectivity index (χ3n) is 6.46. The van der Waals surface area contributed by atoms with Crippen LogP contribution in [0.15, 0.2) is 47.4 Å². The number of hydrogen-bond acceptors (Lipinski definition) is 8. The van der Waals surface area contributed by atoms with Crippen LogP contribution in [-0.2, 0) is 33.8 Å². The summed E-state index contributed by atoms with van der Waals surface area (Å²) in [7, 11) is -3.79. The molecule has 242 valence electrons. The van der Waals surface area contributed by atoms with Crippen LogP contribution in [0.3, 0.4) is 0 Å². The van der Waals surface area contributed by atoms with E-state index in [1.54, 1.807) is 18.2 Å². The summed E-state index contributed by atoms with van der Waals surface area (Å²) in [6.07, 6.45) is 7.58. The van der Waals surface area contributed by atoms with E-state index in [1.165, 1.54) is 56.0 Å². The molecule has 1 amide bonds. The first-order valence-corrected chi connectivity index (χ1v) is 17.8. The third kappa shape index (κ3) is 17.1. The predicted molar refractivity (Wildman–Crippen MR) is 176 cm³/mol. The molecule has 0 atom stereocenters. The van der Waals surface area contributed by atoms with Gasteiger partial charge in [0.05, 0.1) is 56.9 Å². The monoisotopic (exact) mass is 638 g/mol. The molecule has 0 bridgehead atoms. The molecule has 0 spiro atoms. The van der Waals surface area contributed by atoms with Crippen LogP contribution in [0, 0.1) is 13.8 Å². The number of benzene rings is 2. The topological polar surface area (TPSA) is 112 Å². The Morgan fingerprint density at radius 1 is 0.744 bits per heavy atom. The first kappa shape index (κ1) is 37.0. The molecule has 0 radical (unpaired) electrons. The average Bonchev–Trinajstić information content (AvgIpc) is 2.98. The van der Waals surface area contributed by atoms with Crippen LogP contribution in [0.25, 0.3) is 0 Å². The maximum absolute atomic E-state index is 12.8. The number of amides is 1. The van der Waals surface area contributed by atoms with Crippen LogP contribution in [0.1, 0.15) is 56.6 Å². The molecule has 2 rings (SSSR count). The number of sulfonamides is 1. The average molecular weight is 639 g/mol. The number of nitrogens with one attached hydrogen (secondary N) is 2. The van der Waals surface area contributed by atoms with Gasteiger partial charge >= 0.3 is 0 Å². The number of anilines is 2. The highest BCUT2D eigenvalue weighted by Gasteiger charge is 2.16. The fraction of sp³-hybridized carbons (Fsp3) is 0.594. The molecule has 0 saturated carbocycles. The van der Waals surface area contributed by atoms with Gasteiger partial charge < -0.3 is 24.3 Å². The number of thioether (sulfide) groups is 1. The number of unbranched alkanes of at least 4 members (excludes halogenated alkanes) is 5. The molecule has 11 heteroatoms. The Kier molecular flexibility index (Phi) is 19.3. The molecular formula is C32H50N2O7S2. The quantitative estimate of drug-likeness (QED) is 0.124. The Labute approximate surface area is 262 Å². The number of aryl methyl sites for hydroxylation is 2. The molecule has 0 aliphatic carbocycles. The van der Waals surface area contributed by atoms with E-state index in [0.29, 0.717) is 63.4 Å². The Hall–Kier alpha value is -2.15. The number of ether oxygens (including phenoxy) is 4. The summed E-state index contributed by atoms with van der Waals surface area (Å²) in [6.45, 7) is 10.5. The Balaban J connectivity index is 1.48. The summed E-state index contributed by atoms with van der Waals surface area (Å²) in [6, 6.07) is 11.8. The lowest BCUT2D eigenvalue weighted by atomic mass is 10.1. The van der Waals surface area contributed by atoms with Crippen LogP contribution in [0.4, 0.5) is 11.4 Å². The molecule has 9 nitrogen and oxygen atoms in total. The van der Waals surface area contributed by atoms with Crippen LogP contribution >= 0.6 is 11.8 Å². The predicted octanol–water partition coefficient (Wildman–Crippen LogP) is 6.20. The zero-order chi connectivity index (χ0) is 31.2. The van der Waals surface area contributed by atoms with Crippen molar-refractivity contribution < 1.29 is 32.2 Å². The lowest BCUT2D eigenvalue weighted by Gasteiger charge is -2.13. The number of rotatable bonds is 25. The van der Waals surface area contributed by atoms with Crippen LogP contribution in [-0.4, -0.2) is 78.7 Å². The summed E-state index contributed by atoms with van der Waals surface area (Å²) < 4.78 is 50.4. The van der Waals surface area contributed by atoms with E-state index in [-0.39, 0.29) is 16.6 Å². The zero-order valence-corrected chi connectivity index (χ0v) is 27.7. The van der Waals surface area contributed by atoms with Crippen molar-refractivity contribution in [1.82, 2.24) is 0 Å². The normalized spacial score (nSPS) is 11.5. The van der Waals surface area contributed by atoms with E-state index in [9.17, 15) is 13.2 Å². The molecule has 0 unspecified atom stereocenters. The molecule has 0 aliphatic heterocycles. The van der Waals surface area contributed by atoms with Crippen LogP contribution < -0.4 is 10.0 Å². The first-order chi connectivity index (χ1) is 20.8. The van der Waals surface area contributed by atoms with Crippen molar-refractivity contribution in [3.63, 3.8) is 0 Å². The summed E-state index contributed by atoms with van der Waals surface area (Å²) in [4.78, 5) is 12.5. The van der Waals surface area contributed by atoms with Crippen molar-refractivity contribution in [2.75, 3.05) is 74.4 Å². The number of carbonyl (C=O) groups excluding carboxylic acids is 1. The molecule has 0 heterocycles. The number of hydrogen-bond donors (Lipinski definition) is 2. The van der Waals surface area contributed by atoms with Crippen LogP contribution in [0.5, 0.6) is 0 Å². The van der Waals surface area contributed by atoms with E-state index in [1.807, 2.05) is 26.0 Å². The van der Waals surface area contributed by atoms with Gasteiger partial charge in [0.25, 0.3) is 10.0 Å². The van der Waals surface area contributed by atoms with Gasteiger partial charge in [-0.1, -0.05) is 62.8 Å². The van der Waals surface area contributed by atoms with E-state index >= 15 is 0 Å². The summed E-state index contributed by atoms with van der Waals surface area (Å²) in [5.41, 5.74) is 2.76. The summed E-state index contributed by atoms with van der Waals surface area (Å²) >= 11 is 1.45. The lowest BCUT2D eigenvalue weighted by molar-refractivity contribution is -0.113. The highest BCUT2D eigenvalue weighted by Crippen LogP contribution is 2.23. The molecule has 0 fully saturated rings. The van der Waals surface area contributed by atoms with Gasteiger partial charge in [0.2, 0.25) is 5.91 Å². The maximum Gasteiger partial charge on any atom is 0.261 e. The van der Waals surface area contributed by atoms with Gasteiger partial charge in [-0.25, -0.2) is 8.42 Å². The molecule has 0 aromatic heterocycles. The Morgan fingerprint density at radius 2 is 1.33 bits per heavy atom. The molecular weight excluding hydrogens is 588 g/mol. The second-order valence-corrected chi connectivity index (χ2v) is 13.1. The first-order valence-electron chi connectivity index (χ1n) is 15.2. The molecule has 0 aliphatic rings. The third-order valence-corrected chi connectivity index (χ3v) is 8.76. The molecule has 43 heavy (non-hydrogen) atoms. The van der Waals surface area contributed by atoms with Gasteiger partial charge in [0.15, 0.2) is 0 Å². The van der Waals surface area contributed by atoms with Gasteiger partial charge in [0, 0.05) is 23.7 Å². The van der Waals surface area contributed by atoms with Crippen molar-refractivity contribution in [3.8, 4) is 0 Å². The minimum atomic E-state index is -3.79. The van der Waals surface area contributed by atoms with E-state index in [2.05, 4.69) is 17.0 Å². The van der Waals surface area contributed by atoms with Gasteiger partial charge in [0.1, 0.15) is 0 Å². The lowest BCUT2D eigenvalue weighted by Crippen LogP contribution is -2.17. The molecule has 2 aromatic carbocycles. The summed E-state index contributed by atoms with van der Waals surface area (Å²) in [5.74, 6) is 0.686. The SMILES string of the molecule is CCCCCCCCOCCOCCOCCOCCSCC(=O)Nc1cc(S(=O)(=O)Nc2ccc(C)cc2)ccc1C. The van der Waals surface area contributed by atoms with Crippen molar-refractivity contribution >= 4 is 39.1 Å².